The summed E-state index contributed by atoms with van der Waals surface area (Å²) < 4.78 is 1.34. The molecular formula is C25H31N5O3S. The van der Waals surface area contributed by atoms with Gasteiger partial charge in [-0.3, -0.25) is 19.1 Å². The van der Waals surface area contributed by atoms with Gasteiger partial charge < -0.3 is 10.6 Å². The van der Waals surface area contributed by atoms with Crippen molar-refractivity contribution >= 4 is 29.2 Å². The molecule has 2 heterocycles. The molecule has 0 bridgehead atoms. The Labute approximate surface area is 203 Å². The molecule has 0 radical (unpaired) electrons. The summed E-state index contributed by atoms with van der Waals surface area (Å²) in [4.78, 5) is 47.7. The van der Waals surface area contributed by atoms with Gasteiger partial charge in [-0.2, -0.15) is 0 Å². The Bertz CT molecular complexity index is 1210. The lowest BCUT2D eigenvalue weighted by Crippen LogP contribution is -2.41. The molecule has 0 fully saturated rings. The van der Waals surface area contributed by atoms with Crippen LogP contribution in [0.15, 0.2) is 68.2 Å². The molecule has 34 heavy (non-hydrogen) atoms. The molecule has 0 atom stereocenters. The number of nitrogen functional groups attached to an aromatic ring is 1. The SMILES string of the molecule is CCCCCN(C(=O)c1ccc(Sc2ccccn2)cc1)c1c(N)n(CCCC)c(=O)[nH]c1=O. The molecule has 3 aromatic rings. The molecule has 0 aliphatic rings. The van der Waals surface area contributed by atoms with Gasteiger partial charge in [-0.05, 0) is 49.2 Å². The third-order valence-electron chi connectivity index (χ3n) is 5.41. The van der Waals surface area contributed by atoms with Gasteiger partial charge in [0.05, 0.1) is 0 Å². The Hall–Kier alpha value is -3.33. The second-order valence-electron chi connectivity index (χ2n) is 7.96. The highest BCUT2D eigenvalue weighted by molar-refractivity contribution is 7.99. The molecule has 180 valence electrons. The lowest BCUT2D eigenvalue weighted by Gasteiger charge is -2.24. The number of unbranched alkanes of at least 4 members (excludes halogenated alkanes) is 3. The first-order valence-corrected chi connectivity index (χ1v) is 12.4. The van der Waals surface area contributed by atoms with E-state index in [-0.39, 0.29) is 17.4 Å². The number of aromatic amines is 1. The maximum atomic E-state index is 13.5. The third kappa shape index (κ3) is 6.17. The van der Waals surface area contributed by atoms with Gasteiger partial charge in [0.2, 0.25) is 0 Å². The first-order chi connectivity index (χ1) is 16.5. The zero-order valence-corrected chi connectivity index (χ0v) is 20.4. The molecule has 0 aliphatic heterocycles. The largest absolute Gasteiger partial charge is 0.383 e. The highest BCUT2D eigenvalue weighted by Gasteiger charge is 2.25. The fourth-order valence-corrected chi connectivity index (χ4v) is 4.33. The normalized spacial score (nSPS) is 10.9. The van der Waals surface area contributed by atoms with Crippen LogP contribution in [0.4, 0.5) is 11.5 Å². The number of amides is 1. The van der Waals surface area contributed by atoms with Crippen LogP contribution in [0.25, 0.3) is 0 Å². The average molecular weight is 482 g/mol. The number of rotatable bonds is 11. The second kappa shape index (κ2) is 12.2. The third-order valence-corrected chi connectivity index (χ3v) is 6.37. The molecule has 0 unspecified atom stereocenters. The average Bonchev–Trinajstić information content (AvgIpc) is 2.83. The van der Waals surface area contributed by atoms with Crippen molar-refractivity contribution in [2.75, 3.05) is 17.2 Å². The van der Waals surface area contributed by atoms with E-state index in [0.717, 1.165) is 35.6 Å². The van der Waals surface area contributed by atoms with E-state index in [1.807, 2.05) is 37.3 Å². The Balaban J connectivity index is 1.94. The molecule has 1 amide bonds. The van der Waals surface area contributed by atoms with Crippen molar-refractivity contribution in [1.82, 2.24) is 14.5 Å². The van der Waals surface area contributed by atoms with Crippen molar-refractivity contribution in [3.8, 4) is 0 Å². The van der Waals surface area contributed by atoms with E-state index in [1.165, 1.54) is 21.2 Å². The summed E-state index contributed by atoms with van der Waals surface area (Å²) in [5.41, 5.74) is 5.55. The van der Waals surface area contributed by atoms with E-state index in [9.17, 15) is 14.4 Å². The second-order valence-corrected chi connectivity index (χ2v) is 9.05. The number of benzene rings is 1. The van der Waals surface area contributed by atoms with Crippen LogP contribution < -0.4 is 21.9 Å². The lowest BCUT2D eigenvalue weighted by molar-refractivity contribution is 0.0986. The summed E-state index contributed by atoms with van der Waals surface area (Å²) in [6.45, 7) is 4.78. The molecule has 9 heteroatoms. The minimum atomic E-state index is -0.651. The number of hydrogen-bond donors (Lipinski definition) is 2. The smallest absolute Gasteiger partial charge is 0.330 e. The summed E-state index contributed by atoms with van der Waals surface area (Å²) in [6, 6.07) is 12.9. The summed E-state index contributed by atoms with van der Waals surface area (Å²) in [7, 11) is 0. The Morgan fingerprint density at radius 2 is 1.79 bits per heavy atom. The highest BCUT2D eigenvalue weighted by Crippen LogP contribution is 2.27. The molecule has 1 aromatic carbocycles. The van der Waals surface area contributed by atoms with Crippen molar-refractivity contribution in [2.24, 2.45) is 0 Å². The number of anilines is 2. The van der Waals surface area contributed by atoms with Gasteiger partial charge in [0, 0.05) is 29.7 Å². The maximum absolute atomic E-state index is 13.5. The molecule has 8 nitrogen and oxygen atoms in total. The van der Waals surface area contributed by atoms with Gasteiger partial charge >= 0.3 is 5.69 Å². The zero-order chi connectivity index (χ0) is 24.5. The van der Waals surface area contributed by atoms with Gasteiger partial charge in [-0.15, -0.1) is 0 Å². The molecule has 3 N–H and O–H groups in total. The number of hydrogen-bond acceptors (Lipinski definition) is 6. The first kappa shape index (κ1) is 25.3. The Morgan fingerprint density at radius 3 is 2.44 bits per heavy atom. The van der Waals surface area contributed by atoms with Crippen LogP contribution in [0.3, 0.4) is 0 Å². The van der Waals surface area contributed by atoms with Gasteiger partial charge in [0.1, 0.15) is 10.8 Å². The van der Waals surface area contributed by atoms with Crippen LogP contribution in [0.5, 0.6) is 0 Å². The van der Waals surface area contributed by atoms with Gasteiger partial charge in [0.15, 0.2) is 5.69 Å². The molecule has 3 rings (SSSR count). The Kier molecular flexibility index (Phi) is 9.09. The number of pyridine rings is 1. The number of H-pyrrole nitrogens is 1. The summed E-state index contributed by atoms with van der Waals surface area (Å²) >= 11 is 1.50. The standard InChI is InChI=1S/C25H31N5O3S/c1-3-5-9-17-29(21-22(26)30(16-6-4-2)25(33)28-23(21)31)24(32)18-11-13-19(14-12-18)34-20-10-7-8-15-27-20/h7-8,10-15H,3-6,9,16-17,26H2,1-2H3,(H,28,31,33). The van der Waals surface area contributed by atoms with E-state index in [4.69, 9.17) is 5.73 Å². The van der Waals surface area contributed by atoms with Crippen LogP contribution in [0.2, 0.25) is 0 Å². The summed E-state index contributed by atoms with van der Waals surface area (Å²) in [5, 5.41) is 0.858. The van der Waals surface area contributed by atoms with Crippen molar-refractivity contribution in [2.45, 2.75) is 62.4 Å². The fourth-order valence-electron chi connectivity index (χ4n) is 3.56. The quantitative estimate of drug-likeness (QED) is 0.395. The molecule has 0 spiro atoms. The predicted molar refractivity (Wildman–Crippen MR) is 137 cm³/mol. The van der Waals surface area contributed by atoms with Gasteiger partial charge in [-0.25, -0.2) is 9.78 Å². The van der Waals surface area contributed by atoms with Gasteiger partial charge in [0.25, 0.3) is 11.5 Å². The fraction of sp³-hybridized carbons (Fsp3) is 0.360. The molecular weight excluding hydrogens is 450 g/mol. The first-order valence-electron chi connectivity index (χ1n) is 11.6. The molecule has 0 aliphatic carbocycles. The molecule has 0 saturated carbocycles. The molecule has 0 saturated heterocycles. The van der Waals surface area contributed by atoms with E-state index in [0.29, 0.717) is 25.1 Å². The number of nitrogens with one attached hydrogen (secondary N) is 1. The van der Waals surface area contributed by atoms with Crippen molar-refractivity contribution in [1.29, 1.82) is 0 Å². The number of nitrogens with zero attached hydrogens (tertiary/aromatic N) is 3. The van der Waals surface area contributed by atoms with E-state index in [2.05, 4.69) is 16.9 Å². The predicted octanol–water partition coefficient (Wildman–Crippen LogP) is 4.30. The number of aromatic nitrogens is 3. The molecule has 2 aromatic heterocycles. The van der Waals surface area contributed by atoms with Crippen LogP contribution in [-0.2, 0) is 6.54 Å². The van der Waals surface area contributed by atoms with Crippen molar-refractivity contribution in [3.63, 3.8) is 0 Å². The number of carbonyl (C=O) groups excluding carboxylic acids is 1. The number of nitrogens with two attached hydrogens (primary N) is 1. The zero-order valence-electron chi connectivity index (χ0n) is 19.6. The monoisotopic (exact) mass is 481 g/mol. The summed E-state index contributed by atoms with van der Waals surface area (Å²) in [5.74, 6) is -0.308. The Morgan fingerprint density at radius 1 is 1.06 bits per heavy atom. The summed E-state index contributed by atoms with van der Waals surface area (Å²) in [6.07, 6.45) is 5.90. The van der Waals surface area contributed by atoms with Crippen LogP contribution in [-0.4, -0.2) is 27.0 Å². The van der Waals surface area contributed by atoms with E-state index in [1.54, 1.807) is 18.3 Å². The van der Waals surface area contributed by atoms with Crippen LogP contribution in [0.1, 0.15) is 56.3 Å². The van der Waals surface area contributed by atoms with E-state index < -0.39 is 11.2 Å². The van der Waals surface area contributed by atoms with Crippen molar-refractivity contribution in [3.05, 3.63) is 75.1 Å². The van der Waals surface area contributed by atoms with E-state index >= 15 is 0 Å². The lowest BCUT2D eigenvalue weighted by atomic mass is 10.1. The minimum Gasteiger partial charge on any atom is -0.383 e. The highest BCUT2D eigenvalue weighted by atomic mass is 32.2. The van der Waals surface area contributed by atoms with Crippen LogP contribution in [0, 0.1) is 0 Å². The van der Waals surface area contributed by atoms with Gasteiger partial charge in [-0.1, -0.05) is 50.9 Å². The number of carbonyl (C=O) groups is 1. The minimum absolute atomic E-state index is 0.0226. The maximum Gasteiger partial charge on any atom is 0.330 e. The van der Waals surface area contributed by atoms with Crippen LogP contribution >= 0.6 is 11.8 Å². The van der Waals surface area contributed by atoms with Crippen molar-refractivity contribution < 1.29 is 4.79 Å². The topological polar surface area (TPSA) is 114 Å².